The Hall–Kier alpha value is -2.63. The summed E-state index contributed by atoms with van der Waals surface area (Å²) in [5.74, 6) is -2.76. The van der Waals surface area contributed by atoms with Gasteiger partial charge in [-0.1, -0.05) is 43.3 Å². The first-order valence-electron chi connectivity index (χ1n) is 8.33. The van der Waals surface area contributed by atoms with E-state index in [4.69, 9.17) is 9.47 Å². The lowest BCUT2D eigenvalue weighted by atomic mass is 9.98. The number of hydrogen-bond donors (Lipinski definition) is 1. The van der Waals surface area contributed by atoms with Crippen LogP contribution >= 0.6 is 0 Å². The van der Waals surface area contributed by atoms with Crippen molar-refractivity contribution in [3.8, 4) is 0 Å². The topological polar surface area (TPSA) is 89.9 Å². The molecule has 0 saturated heterocycles. The van der Waals surface area contributed by atoms with Crippen LogP contribution < -0.4 is 0 Å². The van der Waals surface area contributed by atoms with Crippen molar-refractivity contribution in [2.75, 3.05) is 0 Å². The van der Waals surface area contributed by atoms with Crippen LogP contribution in [-0.4, -0.2) is 29.1 Å². The summed E-state index contributed by atoms with van der Waals surface area (Å²) in [5.41, 5.74) is 0.212. The number of hydrogen-bond acceptors (Lipinski definition) is 5. The number of benzene rings is 1. The van der Waals surface area contributed by atoms with Gasteiger partial charge in [0, 0.05) is 11.1 Å². The first-order chi connectivity index (χ1) is 12.0. The van der Waals surface area contributed by atoms with E-state index in [0.29, 0.717) is 5.56 Å². The van der Waals surface area contributed by atoms with E-state index in [9.17, 15) is 19.5 Å². The lowest BCUT2D eigenvalue weighted by Gasteiger charge is -2.22. The highest BCUT2D eigenvalue weighted by molar-refractivity contribution is 5.94. The molecule has 0 aromatic heterocycles. The molecule has 25 heavy (non-hydrogen) atoms. The van der Waals surface area contributed by atoms with Crippen molar-refractivity contribution in [2.24, 2.45) is 0 Å². The van der Waals surface area contributed by atoms with E-state index in [1.165, 1.54) is 0 Å². The Morgan fingerprint density at radius 2 is 1.76 bits per heavy atom. The van der Waals surface area contributed by atoms with Gasteiger partial charge in [0.15, 0.2) is 0 Å². The highest BCUT2D eigenvalue weighted by Gasteiger charge is 2.27. The predicted molar refractivity (Wildman–Crippen MR) is 89.6 cm³/mol. The fraction of sp³-hybridized carbons (Fsp3) is 0.421. The number of carboxylic acid groups (broad SMARTS) is 1. The van der Waals surface area contributed by atoms with E-state index in [2.05, 4.69) is 6.58 Å². The number of ether oxygens (including phenoxy) is 2. The minimum absolute atomic E-state index is 0.110. The summed E-state index contributed by atoms with van der Waals surface area (Å²) in [6, 6.07) is 8.12. The van der Waals surface area contributed by atoms with Gasteiger partial charge < -0.3 is 14.6 Å². The molecular formula is C19H22O6. The average Bonchev–Trinajstić information content (AvgIpc) is 2.60. The third kappa shape index (κ3) is 5.74. The third-order valence-corrected chi connectivity index (χ3v) is 4.05. The molecule has 134 valence electrons. The highest BCUT2D eigenvalue weighted by Crippen LogP contribution is 2.22. The molecule has 6 heteroatoms. The molecule has 1 aliphatic rings. The Labute approximate surface area is 146 Å². The van der Waals surface area contributed by atoms with Gasteiger partial charge in [-0.2, -0.15) is 0 Å². The Morgan fingerprint density at radius 3 is 2.36 bits per heavy atom. The second-order valence-corrected chi connectivity index (χ2v) is 6.06. The molecule has 1 saturated carbocycles. The number of rotatable bonds is 7. The summed E-state index contributed by atoms with van der Waals surface area (Å²) in [6.07, 6.45) is 2.99. The van der Waals surface area contributed by atoms with Crippen molar-refractivity contribution < 1.29 is 29.0 Å². The van der Waals surface area contributed by atoms with Gasteiger partial charge in [0.25, 0.3) is 0 Å². The highest BCUT2D eigenvalue weighted by atomic mass is 16.6. The number of aliphatic carboxylic acids is 1. The maximum Gasteiger partial charge on any atom is 0.349 e. The molecule has 0 spiro atoms. The molecule has 0 radical (unpaired) electrons. The van der Waals surface area contributed by atoms with E-state index in [-0.39, 0.29) is 18.1 Å². The molecule has 1 fully saturated rings. The number of carbonyl (C=O) groups is 3. The molecule has 0 heterocycles. The van der Waals surface area contributed by atoms with Crippen LogP contribution in [0.2, 0.25) is 0 Å². The molecule has 6 nitrogen and oxygen atoms in total. The van der Waals surface area contributed by atoms with E-state index in [1.54, 1.807) is 30.3 Å². The van der Waals surface area contributed by atoms with Crippen molar-refractivity contribution in [3.05, 3.63) is 48.0 Å². The molecular weight excluding hydrogens is 324 g/mol. The molecule has 1 aromatic rings. The molecule has 0 amide bonds. The number of carboxylic acids is 1. The lowest BCUT2D eigenvalue weighted by Crippen LogP contribution is -2.24. The molecule has 0 aliphatic heterocycles. The molecule has 0 bridgehead atoms. The van der Waals surface area contributed by atoms with Crippen LogP contribution in [0.15, 0.2) is 42.5 Å². The van der Waals surface area contributed by atoms with Crippen LogP contribution in [0.4, 0.5) is 0 Å². The molecule has 1 aliphatic carbocycles. The van der Waals surface area contributed by atoms with Crippen LogP contribution in [-0.2, 0) is 23.9 Å². The maximum atomic E-state index is 12.1. The van der Waals surface area contributed by atoms with E-state index < -0.39 is 24.0 Å². The third-order valence-electron chi connectivity index (χ3n) is 4.05. The quantitative estimate of drug-likeness (QED) is 0.602. The van der Waals surface area contributed by atoms with Gasteiger partial charge in [-0.25, -0.2) is 9.59 Å². The van der Waals surface area contributed by atoms with Gasteiger partial charge in [0.1, 0.15) is 6.10 Å². The SMILES string of the molecule is C=C(CC(=O)OC1CCCCC1)C(=O)OC(C(=O)O)c1ccccc1. The first kappa shape index (κ1) is 18.7. The smallest absolute Gasteiger partial charge is 0.349 e. The Bertz CT molecular complexity index is 631. The predicted octanol–water partition coefficient (Wildman–Crippen LogP) is 3.18. The van der Waals surface area contributed by atoms with Crippen molar-refractivity contribution >= 4 is 17.9 Å². The van der Waals surface area contributed by atoms with E-state index in [1.807, 2.05) is 0 Å². The van der Waals surface area contributed by atoms with Crippen LogP contribution in [0.25, 0.3) is 0 Å². The van der Waals surface area contributed by atoms with Crippen molar-refractivity contribution in [3.63, 3.8) is 0 Å². The van der Waals surface area contributed by atoms with E-state index >= 15 is 0 Å². The zero-order valence-corrected chi connectivity index (χ0v) is 14.0. The monoisotopic (exact) mass is 346 g/mol. The molecule has 1 atom stereocenters. The van der Waals surface area contributed by atoms with Gasteiger partial charge in [-0.3, -0.25) is 4.79 Å². The summed E-state index contributed by atoms with van der Waals surface area (Å²) in [6.45, 7) is 3.53. The lowest BCUT2D eigenvalue weighted by molar-refractivity contribution is -0.162. The Morgan fingerprint density at radius 1 is 1.12 bits per heavy atom. The number of carbonyl (C=O) groups excluding carboxylic acids is 2. The molecule has 1 unspecified atom stereocenters. The summed E-state index contributed by atoms with van der Waals surface area (Å²) in [7, 11) is 0. The van der Waals surface area contributed by atoms with Gasteiger partial charge in [-0.05, 0) is 25.7 Å². The van der Waals surface area contributed by atoms with Gasteiger partial charge >= 0.3 is 17.9 Å². The van der Waals surface area contributed by atoms with Crippen molar-refractivity contribution in [2.45, 2.75) is 50.7 Å². The number of esters is 2. The Balaban J connectivity index is 1.88. The van der Waals surface area contributed by atoms with Crippen LogP contribution in [0.5, 0.6) is 0 Å². The van der Waals surface area contributed by atoms with Crippen molar-refractivity contribution in [1.29, 1.82) is 0 Å². The van der Waals surface area contributed by atoms with Gasteiger partial charge in [0.05, 0.1) is 6.42 Å². The zero-order chi connectivity index (χ0) is 18.2. The molecule has 2 rings (SSSR count). The van der Waals surface area contributed by atoms with Crippen molar-refractivity contribution in [1.82, 2.24) is 0 Å². The van der Waals surface area contributed by atoms with Gasteiger partial charge in [0.2, 0.25) is 6.10 Å². The minimum atomic E-state index is -1.44. The second-order valence-electron chi connectivity index (χ2n) is 6.06. The minimum Gasteiger partial charge on any atom is -0.478 e. The Kier molecular flexibility index (Phi) is 6.74. The first-order valence-corrected chi connectivity index (χ1v) is 8.33. The fourth-order valence-electron chi connectivity index (χ4n) is 2.74. The summed E-state index contributed by atoms with van der Waals surface area (Å²) in [4.78, 5) is 35.3. The summed E-state index contributed by atoms with van der Waals surface area (Å²) >= 11 is 0. The second kappa shape index (κ2) is 9.01. The van der Waals surface area contributed by atoms with E-state index in [0.717, 1.165) is 32.1 Å². The van der Waals surface area contributed by atoms with Crippen LogP contribution in [0, 0.1) is 0 Å². The largest absolute Gasteiger partial charge is 0.478 e. The normalized spacial score (nSPS) is 15.8. The standard InChI is InChI=1S/C19H22O6/c1-13(12-16(20)24-15-10-6-3-7-11-15)19(23)25-17(18(21)22)14-8-4-2-5-9-14/h2,4-5,8-9,15,17H,1,3,6-7,10-12H2,(H,21,22). The molecule has 1 N–H and O–H groups in total. The molecule has 1 aromatic carbocycles. The average molecular weight is 346 g/mol. The van der Waals surface area contributed by atoms with Gasteiger partial charge in [-0.15, -0.1) is 0 Å². The van der Waals surface area contributed by atoms with Crippen LogP contribution in [0.1, 0.15) is 50.2 Å². The summed E-state index contributed by atoms with van der Waals surface area (Å²) < 4.78 is 10.3. The summed E-state index contributed by atoms with van der Waals surface area (Å²) in [5, 5.41) is 9.26. The zero-order valence-electron chi connectivity index (χ0n) is 14.0. The maximum absolute atomic E-state index is 12.1. The van der Waals surface area contributed by atoms with Crippen LogP contribution in [0.3, 0.4) is 0 Å². The fourth-order valence-corrected chi connectivity index (χ4v) is 2.74.